The van der Waals surface area contributed by atoms with Crippen LogP contribution in [0.3, 0.4) is 0 Å². The second-order valence-corrected chi connectivity index (χ2v) is 4.81. The van der Waals surface area contributed by atoms with Crippen LogP contribution in [0.4, 0.5) is 0 Å². The Bertz CT molecular complexity index is 495. The van der Waals surface area contributed by atoms with Crippen molar-refractivity contribution >= 4 is 10.8 Å². The zero-order valence-electron chi connectivity index (χ0n) is 11.7. The first kappa shape index (κ1) is 13.9. The first-order valence-corrected chi connectivity index (χ1v) is 7.22. The minimum absolute atomic E-state index is 0.775. The number of nitrogens with one attached hydrogen (secondary N) is 1. The molecule has 0 aromatic heterocycles. The van der Waals surface area contributed by atoms with Gasteiger partial charge >= 0.3 is 0 Å². The predicted octanol–water partition coefficient (Wildman–Crippen LogP) is 4.00. The van der Waals surface area contributed by atoms with Crippen molar-refractivity contribution in [3.05, 3.63) is 42.5 Å². The Hall–Kier alpha value is -1.54. The molecule has 0 amide bonds. The molecule has 2 rings (SSSR count). The summed E-state index contributed by atoms with van der Waals surface area (Å²) in [5, 5.41) is 5.92. The number of rotatable bonds is 8. The number of hydrogen-bond acceptors (Lipinski definition) is 2. The second kappa shape index (κ2) is 7.80. The summed E-state index contributed by atoms with van der Waals surface area (Å²) in [6.45, 7) is 5.14. The van der Waals surface area contributed by atoms with E-state index < -0.39 is 0 Å². The largest absolute Gasteiger partial charge is 0.494 e. The highest BCUT2D eigenvalue weighted by atomic mass is 16.5. The lowest BCUT2D eigenvalue weighted by atomic mass is 10.1. The third-order valence-corrected chi connectivity index (χ3v) is 3.19. The maximum Gasteiger partial charge on any atom is 0.119 e. The number of hydrogen-bond donors (Lipinski definition) is 1. The van der Waals surface area contributed by atoms with Crippen molar-refractivity contribution in [1.29, 1.82) is 0 Å². The molecule has 0 saturated carbocycles. The molecule has 0 bridgehead atoms. The number of benzene rings is 2. The van der Waals surface area contributed by atoms with Crippen molar-refractivity contribution < 1.29 is 4.74 Å². The summed E-state index contributed by atoms with van der Waals surface area (Å²) < 4.78 is 5.78. The first-order chi connectivity index (χ1) is 9.40. The summed E-state index contributed by atoms with van der Waals surface area (Å²) in [6.07, 6.45) is 3.56. The molecule has 19 heavy (non-hydrogen) atoms. The molecule has 2 aromatic carbocycles. The Morgan fingerprint density at radius 3 is 2.58 bits per heavy atom. The van der Waals surface area contributed by atoms with Crippen LogP contribution in [0.25, 0.3) is 10.8 Å². The van der Waals surface area contributed by atoms with Gasteiger partial charge < -0.3 is 10.1 Å². The van der Waals surface area contributed by atoms with Crippen molar-refractivity contribution in [3.8, 4) is 5.75 Å². The van der Waals surface area contributed by atoms with Crippen molar-refractivity contribution in [3.63, 3.8) is 0 Å². The van der Waals surface area contributed by atoms with Crippen molar-refractivity contribution in [1.82, 2.24) is 5.32 Å². The van der Waals surface area contributed by atoms with E-state index in [2.05, 4.69) is 48.6 Å². The topological polar surface area (TPSA) is 21.3 Å². The molecule has 0 unspecified atom stereocenters. The molecule has 0 aliphatic carbocycles. The number of fused-ring (bicyclic) bond motifs is 1. The molecule has 0 aliphatic heterocycles. The maximum atomic E-state index is 5.78. The Balaban J connectivity index is 1.72. The zero-order valence-corrected chi connectivity index (χ0v) is 11.7. The van der Waals surface area contributed by atoms with Gasteiger partial charge in [-0.25, -0.2) is 0 Å². The normalized spacial score (nSPS) is 10.8. The molecule has 2 heteroatoms. The van der Waals surface area contributed by atoms with Crippen LogP contribution in [0.5, 0.6) is 5.75 Å². The Labute approximate surface area is 115 Å². The van der Waals surface area contributed by atoms with Gasteiger partial charge in [-0.2, -0.15) is 0 Å². The molecule has 2 nitrogen and oxygen atoms in total. The molecule has 0 radical (unpaired) electrons. The van der Waals surface area contributed by atoms with Crippen LogP contribution in [0, 0.1) is 0 Å². The highest BCUT2D eigenvalue weighted by Crippen LogP contribution is 2.20. The molecule has 0 fully saturated rings. The maximum absolute atomic E-state index is 5.78. The fourth-order valence-corrected chi connectivity index (χ4v) is 2.07. The molecular formula is C17H23NO. The Kier molecular flexibility index (Phi) is 5.70. The second-order valence-electron chi connectivity index (χ2n) is 4.81. The van der Waals surface area contributed by atoms with Gasteiger partial charge in [-0.1, -0.05) is 43.7 Å². The van der Waals surface area contributed by atoms with Crippen LogP contribution >= 0.6 is 0 Å². The summed E-state index contributed by atoms with van der Waals surface area (Å²) in [7, 11) is 0. The van der Waals surface area contributed by atoms with Crippen LogP contribution in [0.1, 0.15) is 26.2 Å². The van der Waals surface area contributed by atoms with E-state index in [0.717, 1.165) is 31.9 Å². The molecule has 0 saturated heterocycles. The van der Waals surface area contributed by atoms with Crippen LogP contribution < -0.4 is 10.1 Å². The van der Waals surface area contributed by atoms with Gasteiger partial charge in [0.1, 0.15) is 5.75 Å². The van der Waals surface area contributed by atoms with Gasteiger partial charge in [0.2, 0.25) is 0 Å². The van der Waals surface area contributed by atoms with Gasteiger partial charge in [0.05, 0.1) is 6.61 Å². The van der Waals surface area contributed by atoms with Crippen LogP contribution in [0.15, 0.2) is 42.5 Å². The summed E-state index contributed by atoms with van der Waals surface area (Å²) >= 11 is 0. The molecule has 2 aromatic rings. The van der Waals surface area contributed by atoms with Crippen LogP contribution in [-0.2, 0) is 0 Å². The van der Waals surface area contributed by atoms with E-state index in [1.165, 1.54) is 23.6 Å². The highest BCUT2D eigenvalue weighted by molar-refractivity contribution is 5.83. The number of unbranched alkanes of at least 4 members (excludes halogenated alkanes) is 1. The average molecular weight is 257 g/mol. The zero-order chi connectivity index (χ0) is 13.3. The van der Waals surface area contributed by atoms with Crippen molar-refractivity contribution in [2.75, 3.05) is 19.7 Å². The fourth-order valence-electron chi connectivity index (χ4n) is 2.07. The molecule has 0 heterocycles. The quantitative estimate of drug-likeness (QED) is 0.722. The molecule has 102 valence electrons. The van der Waals surface area contributed by atoms with E-state index in [9.17, 15) is 0 Å². The SMILES string of the molecule is CCCCNCCCOc1ccc2ccccc2c1. The van der Waals surface area contributed by atoms with Gasteiger partial charge in [-0.15, -0.1) is 0 Å². The summed E-state index contributed by atoms with van der Waals surface area (Å²) in [4.78, 5) is 0. The molecule has 0 spiro atoms. The van der Waals surface area contributed by atoms with Crippen LogP contribution in [0.2, 0.25) is 0 Å². The Morgan fingerprint density at radius 1 is 0.947 bits per heavy atom. The van der Waals surface area contributed by atoms with Gasteiger partial charge in [-0.05, 0) is 48.8 Å². The van der Waals surface area contributed by atoms with E-state index >= 15 is 0 Å². The number of ether oxygens (including phenoxy) is 1. The monoisotopic (exact) mass is 257 g/mol. The average Bonchev–Trinajstić information content (AvgIpc) is 2.46. The van der Waals surface area contributed by atoms with E-state index in [1.807, 2.05) is 6.07 Å². The first-order valence-electron chi connectivity index (χ1n) is 7.22. The molecule has 0 aliphatic rings. The van der Waals surface area contributed by atoms with Gasteiger partial charge in [0, 0.05) is 0 Å². The summed E-state index contributed by atoms with van der Waals surface area (Å²) in [6, 6.07) is 14.6. The minimum atomic E-state index is 0.775. The fraction of sp³-hybridized carbons (Fsp3) is 0.412. The van der Waals surface area contributed by atoms with E-state index in [0.29, 0.717) is 0 Å². The third kappa shape index (κ3) is 4.56. The Morgan fingerprint density at radius 2 is 1.74 bits per heavy atom. The van der Waals surface area contributed by atoms with Gasteiger partial charge in [0.15, 0.2) is 0 Å². The van der Waals surface area contributed by atoms with Crippen LogP contribution in [-0.4, -0.2) is 19.7 Å². The van der Waals surface area contributed by atoms with E-state index in [1.54, 1.807) is 0 Å². The molecule has 1 N–H and O–H groups in total. The minimum Gasteiger partial charge on any atom is -0.494 e. The lowest BCUT2D eigenvalue weighted by Crippen LogP contribution is -2.18. The van der Waals surface area contributed by atoms with Gasteiger partial charge in [-0.3, -0.25) is 0 Å². The molecular weight excluding hydrogens is 234 g/mol. The lowest BCUT2D eigenvalue weighted by Gasteiger charge is -2.08. The van der Waals surface area contributed by atoms with Crippen molar-refractivity contribution in [2.45, 2.75) is 26.2 Å². The summed E-state index contributed by atoms with van der Waals surface area (Å²) in [5.74, 6) is 0.965. The predicted molar refractivity (Wildman–Crippen MR) is 81.8 cm³/mol. The van der Waals surface area contributed by atoms with E-state index in [4.69, 9.17) is 4.74 Å². The smallest absolute Gasteiger partial charge is 0.119 e. The molecule has 0 atom stereocenters. The summed E-state index contributed by atoms with van der Waals surface area (Å²) in [5.41, 5.74) is 0. The van der Waals surface area contributed by atoms with Crippen molar-refractivity contribution in [2.24, 2.45) is 0 Å². The standard InChI is InChI=1S/C17H23NO/c1-2-3-11-18-12-6-13-19-17-10-9-15-7-4-5-8-16(15)14-17/h4-5,7-10,14,18H,2-3,6,11-13H2,1H3. The van der Waals surface area contributed by atoms with E-state index in [-0.39, 0.29) is 0 Å². The van der Waals surface area contributed by atoms with Gasteiger partial charge in [0.25, 0.3) is 0 Å². The third-order valence-electron chi connectivity index (χ3n) is 3.19. The highest BCUT2D eigenvalue weighted by Gasteiger charge is 1.96. The lowest BCUT2D eigenvalue weighted by molar-refractivity contribution is 0.308.